The maximum atomic E-state index is 13.0. The summed E-state index contributed by atoms with van der Waals surface area (Å²) in [7, 11) is -3.53. The highest BCUT2D eigenvalue weighted by molar-refractivity contribution is 7.89. The number of carbonyl (C=O) groups excluding carboxylic acids is 1. The third-order valence-electron chi connectivity index (χ3n) is 4.87. The van der Waals surface area contributed by atoms with Crippen LogP contribution in [-0.2, 0) is 27.8 Å². The molecular formula is C19H20N2O5S. The van der Waals surface area contributed by atoms with Crippen LogP contribution in [0.25, 0.3) is 0 Å². The topological polar surface area (TPSA) is 84.9 Å². The molecule has 0 aromatic heterocycles. The average Bonchev–Trinajstić information content (AvgIpc) is 3.14. The summed E-state index contributed by atoms with van der Waals surface area (Å²) in [6, 6.07) is 11.9. The van der Waals surface area contributed by atoms with E-state index < -0.39 is 16.1 Å². The van der Waals surface area contributed by atoms with E-state index in [0.717, 1.165) is 11.1 Å². The maximum Gasteiger partial charge on any atom is 0.243 e. The zero-order chi connectivity index (χ0) is 19.0. The van der Waals surface area contributed by atoms with Crippen molar-refractivity contribution in [1.29, 1.82) is 0 Å². The Bertz CT molecular complexity index is 989. The quantitative estimate of drug-likeness (QED) is 0.867. The van der Waals surface area contributed by atoms with E-state index in [1.807, 2.05) is 24.3 Å². The summed E-state index contributed by atoms with van der Waals surface area (Å²) < 4.78 is 37.1. The molecule has 2 heterocycles. The lowest BCUT2D eigenvalue weighted by molar-refractivity contribution is -0.120. The lowest BCUT2D eigenvalue weighted by Gasteiger charge is -2.34. The van der Waals surface area contributed by atoms with Gasteiger partial charge >= 0.3 is 0 Å². The van der Waals surface area contributed by atoms with E-state index in [1.54, 1.807) is 25.1 Å². The minimum absolute atomic E-state index is 0.0526. The molecule has 2 aromatic rings. The Morgan fingerprint density at radius 1 is 1.15 bits per heavy atom. The van der Waals surface area contributed by atoms with Crippen molar-refractivity contribution in [3.8, 4) is 11.5 Å². The van der Waals surface area contributed by atoms with Gasteiger partial charge in [-0.25, -0.2) is 8.42 Å². The van der Waals surface area contributed by atoms with E-state index in [0.29, 0.717) is 23.6 Å². The van der Waals surface area contributed by atoms with E-state index in [9.17, 15) is 13.2 Å². The first-order chi connectivity index (χ1) is 13.0. The number of hydrogen-bond acceptors (Lipinski definition) is 5. The van der Waals surface area contributed by atoms with E-state index in [4.69, 9.17) is 9.47 Å². The standard InChI is InChI=1S/C19H20N2O5S/c1-2-27(23,24)21-11-14-6-4-3-5-13(14)9-16(21)19(22)20-15-7-8-17-18(10-15)26-12-25-17/h3-8,10,16H,2,9,11-12H2,1H3,(H,20,22)/t16-/m1/s1. The van der Waals surface area contributed by atoms with Crippen LogP contribution in [0.2, 0.25) is 0 Å². The molecule has 0 spiro atoms. The predicted octanol–water partition coefficient (Wildman–Crippen LogP) is 2.13. The number of carbonyl (C=O) groups is 1. The van der Waals surface area contributed by atoms with Crippen LogP contribution in [0.15, 0.2) is 42.5 Å². The summed E-state index contributed by atoms with van der Waals surface area (Å²) in [6.07, 6.45) is 0.339. The Morgan fingerprint density at radius 2 is 1.89 bits per heavy atom. The molecule has 8 heteroatoms. The van der Waals surface area contributed by atoms with Gasteiger partial charge in [-0.15, -0.1) is 0 Å². The number of fused-ring (bicyclic) bond motifs is 2. The van der Waals surface area contributed by atoms with Crippen LogP contribution in [0.1, 0.15) is 18.1 Å². The molecule has 1 N–H and O–H groups in total. The van der Waals surface area contributed by atoms with Crippen molar-refractivity contribution in [2.75, 3.05) is 17.9 Å². The van der Waals surface area contributed by atoms with Crippen LogP contribution < -0.4 is 14.8 Å². The Labute approximate surface area is 157 Å². The Kier molecular flexibility index (Phi) is 4.53. The molecule has 7 nitrogen and oxygen atoms in total. The molecule has 0 fully saturated rings. The minimum Gasteiger partial charge on any atom is -0.454 e. The van der Waals surface area contributed by atoms with Gasteiger partial charge in [-0.3, -0.25) is 4.79 Å². The zero-order valence-corrected chi connectivity index (χ0v) is 15.7. The fourth-order valence-electron chi connectivity index (χ4n) is 3.38. The van der Waals surface area contributed by atoms with E-state index in [1.165, 1.54) is 4.31 Å². The molecule has 0 bridgehead atoms. The molecule has 2 aromatic carbocycles. The number of nitrogens with one attached hydrogen (secondary N) is 1. The molecule has 142 valence electrons. The largest absolute Gasteiger partial charge is 0.454 e. The van der Waals surface area contributed by atoms with Crippen molar-refractivity contribution < 1.29 is 22.7 Å². The van der Waals surface area contributed by atoms with Crippen molar-refractivity contribution in [2.24, 2.45) is 0 Å². The molecule has 1 atom stereocenters. The number of benzene rings is 2. The van der Waals surface area contributed by atoms with Crippen molar-refractivity contribution in [3.63, 3.8) is 0 Å². The molecule has 0 unspecified atom stereocenters. The summed E-state index contributed by atoms with van der Waals surface area (Å²) in [5.74, 6) is 0.762. The molecule has 2 aliphatic rings. The smallest absolute Gasteiger partial charge is 0.243 e. The lowest BCUT2D eigenvalue weighted by Crippen LogP contribution is -2.51. The summed E-state index contributed by atoms with van der Waals surface area (Å²) in [4.78, 5) is 13.0. The molecule has 27 heavy (non-hydrogen) atoms. The van der Waals surface area contributed by atoms with Crippen LogP contribution in [0.5, 0.6) is 11.5 Å². The Hall–Kier alpha value is -2.58. The van der Waals surface area contributed by atoms with Crippen molar-refractivity contribution in [1.82, 2.24) is 4.31 Å². The third kappa shape index (κ3) is 3.38. The van der Waals surface area contributed by atoms with Gasteiger partial charge in [-0.2, -0.15) is 4.31 Å². The Balaban J connectivity index is 1.62. The minimum atomic E-state index is -3.53. The molecular weight excluding hydrogens is 368 g/mol. The number of amides is 1. The van der Waals surface area contributed by atoms with Gasteiger partial charge in [0.15, 0.2) is 11.5 Å². The van der Waals surface area contributed by atoms with Gasteiger partial charge < -0.3 is 14.8 Å². The molecule has 0 saturated heterocycles. The van der Waals surface area contributed by atoms with Crippen LogP contribution in [0.4, 0.5) is 5.69 Å². The molecule has 0 aliphatic carbocycles. The molecule has 1 amide bonds. The first-order valence-corrected chi connectivity index (χ1v) is 10.4. The van der Waals surface area contributed by atoms with Gasteiger partial charge in [0.1, 0.15) is 6.04 Å². The van der Waals surface area contributed by atoms with Gasteiger partial charge in [-0.05, 0) is 36.6 Å². The van der Waals surface area contributed by atoms with Gasteiger partial charge in [0.25, 0.3) is 0 Å². The highest BCUT2D eigenvalue weighted by Gasteiger charge is 2.38. The molecule has 0 radical (unpaired) electrons. The molecule has 0 saturated carbocycles. The number of nitrogens with zero attached hydrogens (tertiary/aromatic N) is 1. The molecule has 2 aliphatic heterocycles. The van der Waals surface area contributed by atoms with Crippen molar-refractivity contribution in [3.05, 3.63) is 53.6 Å². The summed E-state index contributed by atoms with van der Waals surface area (Å²) in [5.41, 5.74) is 2.46. The SMILES string of the molecule is CCS(=O)(=O)N1Cc2ccccc2C[C@@H]1C(=O)Nc1ccc2c(c1)OCO2. The Morgan fingerprint density at radius 3 is 2.67 bits per heavy atom. The number of sulfonamides is 1. The van der Waals surface area contributed by atoms with Crippen LogP contribution >= 0.6 is 0 Å². The van der Waals surface area contributed by atoms with Crippen LogP contribution in [0.3, 0.4) is 0 Å². The second-order valence-corrected chi connectivity index (χ2v) is 8.70. The zero-order valence-electron chi connectivity index (χ0n) is 14.8. The fourth-order valence-corrected chi connectivity index (χ4v) is 4.61. The normalized spacial score (nSPS) is 18.8. The molecule has 4 rings (SSSR count). The van der Waals surface area contributed by atoms with Crippen molar-refractivity contribution in [2.45, 2.75) is 25.9 Å². The summed E-state index contributed by atoms with van der Waals surface area (Å²) in [6.45, 7) is 1.93. The van der Waals surface area contributed by atoms with Gasteiger partial charge in [-0.1, -0.05) is 24.3 Å². The maximum absolute atomic E-state index is 13.0. The summed E-state index contributed by atoms with van der Waals surface area (Å²) in [5, 5.41) is 2.82. The number of hydrogen-bond donors (Lipinski definition) is 1. The number of anilines is 1. The number of ether oxygens (including phenoxy) is 2. The third-order valence-corrected chi connectivity index (χ3v) is 6.70. The second kappa shape index (κ2) is 6.86. The first kappa shape index (κ1) is 17.8. The second-order valence-electron chi connectivity index (χ2n) is 6.49. The van der Waals surface area contributed by atoms with Gasteiger partial charge in [0.2, 0.25) is 22.7 Å². The highest BCUT2D eigenvalue weighted by Crippen LogP contribution is 2.34. The average molecular weight is 388 g/mol. The fraction of sp³-hybridized carbons (Fsp3) is 0.316. The van der Waals surface area contributed by atoms with E-state index in [-0.39, 0.29) is 25.0 Å². The van der Waals surface area contributed by atoms with Gasteiger partial charge in [0, 0.05) is 18.3 Å². The van der Waals surface area contributed by atoms with E-state index in [2.05, 4.69) is 5.32 Å². The van der Waals surface area contributed by atoms with Crippen molar-refractivity contribution >= 4 is 21.6 Å². The first-order valence-electron chi connectivity index (χ1n) is 8.75. The van der Waals surface area contributed by atoms with E-state index >= 15 is 0 Å². The summed E-state index contributed by atoms with van der Waals surface area (Å²) >= 11 is 0. The monoisotopic (exact) mass is 388 g/mol. The van der Waals surface area contributed by atoms with Crippen LogP contribution in [0, 0.1) is 0 Å². The predicted molar refractivity (Wildman–Crippen MR) is 100 cm³/mol. The number of rotatable bonds is 4. The highest BCUT2D eigenvalue weighted by atomic mass is 32.2. The lowest BCUT2D eigenvalue weighted by atomic mass is 9.95. The van der Waals surface area contributed by atoms with Crippen LogP contribution in [-0.4, -0.2) is 37.2 Å². The van der Waals surface area contributed by atoms with Gasteiger partial charge in [0.05, 0.1) is 5.75 Å².